The van der Waals surface area contributed by atoms with E-state index in [0.29, 0.717) is 23.6 Å². The maximum atomic E-state index is 13.1. The van der Waals surface area contributed by atoms with Gasteiger partial charge in [-0.15, -0.1) is 0 Å². The van der Waals surface area contributed by atoms with Gasteiger partial charge >= 0.3 is 0 Å². The van der Waals surface area contributed by atoms with Crippen LogP contribution in [0.25, 0.3) is 0 Å². The number of nitrogens with zero attached hydrogens (tertiary/aromatic N) is 2. The Morgan fingerprint density at radius 1 is 1.14 bits per heavy atom. The lowest BCUT2D eigenvalue weighted by Crippen LogP contribution is -2.39. The van der Waals surface area contributed by atoms with Crippen LogP contribution in [0.5, 0.6) is 0 Å². The van der Waals surface area contributed by atoms with Crippen molar-refractivity contribution in [2.24, 2.45) is 4.99 Å². The minimum atomic E-state index is -3.10. The fourth-order valence-corrected chi connectivity index (χ4v) is 4.97. The minimum absolute atomic E-state index is 0.0280. The number of hydrogen-bond acceptors (Lipinski definition) is 5. The molecule has 0 unspecified atom stereocenters. The standard InChI is InChI=1S/C22H26N2O3S2/c1-16(2)19-7-4-5-8-20(19)23-22-24(13-6-14-28-22)21(25)18-11-9-17(10-12-18)15-29(3,26)27/h4-5,7-12,16H,6,13-15H2,1-3H3. The summed E-state index contributed by atoms with van der Waals surface area (Å²) in [6, 6.07) is 14.8. The molecule has 0 bridgehead atoms. The maximum Gasteiger partial charge on any atom is 0.259 e. The van der Waals surface area contributed by atoms with Gasteiger partial charge in [0.2, 0.25) is 0 Å². The van der Waals surface area contributed by atoms with E-state index in [9.17, 15) is 13.2 Å². The first-order valence-corrected chi connectivity index (χ1v) is 12.7. The second-order valence-electron chi connectivity index (χ2n) is 7.53. The van der Waals surface area contributed by atoms with E-state index < -0.39 is 9.84 Å². The molecule has 154 valence electrons. The summed E-state index contributed by atoms with van der Waals surface area (Å²) >= 11 is 1.60. The van der Waals surface area contributed by atoms with Crippen molar-refractivity contribution in [1.29, 1.82) is 0 Å². The van der Waals surface area contributed by atoms with Gasteiger partial charge in [0.05, 0.1) is 11.4 Å². The number of sulfone groups is 1. The Hall–Kier alpha value is -2.12. The summed E-state index contributed by atoms with van der Waals surface area (Å²) in [5.74, 6) is 1.14. The molecule has 1 amide bonds. The molecule has 1 heterocycles. The third kappa shape index (κ3) is 5.70. The van der Waals surface area contributed by atoms with Crippen LogP contribution in [0.1, 0.15) is 47.7 Å². The van der Waals surface area contributed by atoms with Crippen LogP contribution in [0.15, 0.2) is 53.5 Å². The van der Waals surface area contributed by atoms with Gasteiger partial charge in [0, 0.05) is 24.1 Å². The summed E-state index contributed by atoms with van der Waals surface area (Å²) in [5.41, 5.74) is 3.27. The van der Waals surface area contributed by atoms with Gasteiger partial charge in [-0.25, -0.2) is 13.4 Å². The number of carbonyl (C=O) groups is 1. The van der Waals surface area contributed by atoms with E-state index in [1.54, 1.807) is 40.9 Å². The largest absolute Gasteiger partial charge is 0.287 e. The number of rotatable bonds is 5. The molecule has 3 rings (SSSR count). The molecule has 0 atom stereocenters. The highest BCUT2D eigenvalue weighted by molar-refractivity contribution is 8.13. The van der Waals surface area contributed by atoms with E-state index in [2.05, 4.69) is 19.9 Å². The molecule has 1 aliphatic rings. The molecule has 0 radical (unpaired) electrons. The van der Waals surface area contributed by atoms with E-state index in [-0.39, 0.29) is 11.7 Å². The molecular weight excluding hydrogens is 404 g/mol. The van der Waals surface area contributed by atoms with Crippen LogP contribution >= 0.6 is 11.8 Å². The van der Waals surface area contributed by atoms with E-state index in [1.807, 2.05) is 18.2 Å². The normalized spacial score (nSPS) is 16.4. The first-order chi connectivity index (χ1) is 13.7. The number of benzene rings is 2. The average molecular weight is 431 g/mol. The fraction of sp³-hybridized carbons (Fsp3) is 0.364. The molecule has 0 aromatic heterocycles. The van der Waals surface area contributed by atoms with Crippen molar-refractivity contribution in [2.75, 3.05) is 18.6 Å². The number of hydrogen-bond donors (Lipinski definition) is 0. The molecule has 0 saturated carbocycles. The molecule has 1 saturated heterocycles. The predicted molar refractivity (Wildman–Crippen MR) is 121 cm³/mol. The van der Waals surface area contributed by atoms with Gasteiger partial charge in [0.15, 0.2) is 15.0 Å². The number of amidine groups is 1. The van der Waals surface area contributed by atoms with Gasteiger partial charge < -0.3 is 0 Å². The Morgan fingerprint density at radius 2 is 1.83 bits per heavy atom. The van der Waals surface area contributed by atoms with Gasteiger partial charge in [-0.2, -0.15) is 0 Å². The number of aliphatic imine (C=N–C) groups is 1. The third-order valence-corrected chi connectivity index (χ3v) is 6.56. The first kappa shape index (κ1) is 21.6. The molecule has 0 aliphatic carbocycles. The molecule has 2 aromatic carbocycles. The van der Waals surface area contributed by atoms with Crippen LogP contribution in [-0.4, -0.2) is 42.9 Å². The number of amides is 1. The minimum Gasteiger partial charge on any atom is -0.287 e. The Kier molecular flexibility index (Phi) is 6.80. The highest BCUT2D eigenvalue weighted by Gasteiger charge is 2.25. The lowest BCUT2D eigenvalue weighted by atomic mass is 10.0. The zero-order valence-electron chi connectivity index (χ0n) is 17.0. The van der Waals surface area contributed by atoms with Crippen molar-refractivity contribution in [3.8, 4) is 0 Å². The van der Waals surface area contributed by atoms with Crippen LogP contribution < -0.4 is 0 Å². The summed E-state index contributed by atoms with van der Waals surface area (Å²) in [7, 11) is -3.10. The lowest BCUT2D eigenvalue weighted by molar-refractivity contribution is 0.0849. The monoisotopic (exact) mass is 430 g/mol. The van der Waals surface area contributed by atoms with Crippen molar-refractivity contribution in [1.82, 2.24) is 4.90 Å². The molecule has 0 N–H and O–H groups in total. The van der Waals surface area contributed by atoms with Gasteiger partial charge in [0.1, 0.15) is 0 Å². The molecule has 1 fully saturated rings. The Balaban J connectivity index is 1.87. The predicted octanol–water partition coefficient (Wildman–Crippen LogP) is 4.62. The Morgan fingerprint density at radius 3 is 2.48 bits per heavy atom. The van der Waals surface area contributed by atoms with Crippen molar-refractivity contribution < 1.29 is 13.2 Å². The van der Waals surface area contributed by atoms with Gasteiger partial charge in [-0.05, 0) is 41.7 Å². The van der Waals surface area contributed by atoms with Crippen molar-refractivity contribution >= 4 is 38.4 Å². The highest BCUT2D eigenvalue weighted by Crippen LogP contribution is 2.30. The van der Waals surface area contributed by atoms with Gasteiger partial charge in [-0.3, -0.25) is 9.69 Å². The topological polar surface area (TPSA) is 66.8 Å². The molecular formula is C22H26N2O3S2. The van der Waals surface area contributed by atoms with Gasteiger partial charge in [0.25, 0.3) is 5.91 Å². The lowest BCUT2D eigenvalue weighted by Gasteiger charge is -2.28. The van der Waals surface area contributed by atoms with E-state index >= 15 is 0 Å². The van der Waals surface area contributed by atoms with Crippen molar-refractivity contribution in [3.05, 3.63) is 65.2 Å². The second-order valence-corrected chi connectivity index (χ2v) is 10.7. The van der Waals surface area contributed by atoms with Crippen LogP contribution in [0.4, 0.5) is 5.69 Å². The highest BCUT2D eigenvalue weighted by atomic mass is 32.2. The third-order valence-electron chi connectivity index (χ3n) is 4.64. The fourth-order valence-electron chi connectivity index (χ4n) is 3.22. The number of thioether (sulfide) groups is 1. The molecule has 5 nitrogen and oxygen atoms in total. The van der Waals surface area contributed by atoms with Crippen LogP contribution in [0.2, 0.25) is 0 Å². The maximum absolute atomic E-state index is 13.1. The summed E-state index contributed by atoms with van der Waals surface area (Å²) in [5, 5.41) is 0.717. The zero-order valence-corrected chi connectivity index (χ0v) is 18.6. The molecule has 7 heteroatoms. The Labute approximate surface area is 177 Å². The van der Waals surface area contributed by atoms with E-state index in [1.165, 1.54) is 6.26 Å². The SMILES string of the molecule is CC(C)c1ccccc1N=C1SCCCN1C(=O)c1ccc(CS(C)(=O)=O)cc1. The quantitative estimate of drug-likeness (QED) is 0.694. The van der Waals surface area contributed by atoms with E-state index in [0.717, 1.165) is 28.6 Å². The van der Waals surface area contributed by atoms with Crippen molar-refractivity contribution in [2.45, 2.75) is 31.9 Å². The van der Waals surface area contributed by atoms with Crippen LogP contribution in [0.3, 0.4) is 0 Å². The smallest absolute Gasteiger partial charge is 0.259 e. The van der Waals surface area contributed by atoms with Gasteiger partial charge in [-0.1, -0.05) is 55.9 Å². The molecule has 1 aliphatic heterocycles. The molecule has 0 spiro atoms. The molecule has 2 aromatic rings. The summed E-state index contributed by atoms with van der Waals surface area (Å²) in [4.78, 5) is 19.7. The Bertz CT molecular complexity index is 1010. The summed E-state index contributed by atoms with van der Waals surface area (Å²) in [6.07, 6.45) is 2.11. The second kappa shape index (κ2) is 9.13. The summed E-state index contributed by atoms with van der Waals surface area (Å²) in [6.45, 7) is 4.89. The number of para-hydroxylation sites is 1. The first-order valence-electron chi connectivity index (χ1n) is 9.63. The van der Waals surface area contributed by atoms with E-state index in [4.69, 9.17) is 4.99 Å². The van der Waals surface area contributed by atoms with Crippen LogP contribution in [0, 0.1) is 0 Å². The average Bonchev–Trinajstić information content (AvgIpc) is 2.67. The zero-order chi connectivity index (χ0) is 21.0. The summed E-state index contributed by atoms with van der Waals surface area (Å²) < 4.78 is 22.9. The van der Waals surface area contributed by atoms with Crippen LogP contribution in [-0.2, 0) is 15.6 Å². The molecule has 29 heavy (non-hydrogen) atoms. The van der Waals surface area contributed by atoms with Crippen molar-refractivity contribution in [3.63, 3.8) is 0 Å². The number of carbonyl (C=O) groups excluding carboxylic acids is 1.